The predicted molar refractivity (Wildman–Crippen MR) is 105 cm³/mol. The number of ether oxygens (including phenoxy) is 2. The van der Waals surface area contributed by atoms with Crippen molar-refractivity contribution >= 4 is 17.5 Å². The monoisotopic (exact) mass is 370 g/mol. The van der Waals surface area contributed by atoms with E-state index in [1.165, 1.54) is 0 Å². The van der Waals surface area contributed by atoms with Crippen LogP contribution in [-0.2, 0) is 11.3 Å². The number of rotatable bonds is 4. The van der Waals surface area contributed by atoms with Crippen LogP contribution >= 0.6 is 0 Å². The van der Waals surface area contributed by atoms with Crippen molar-refractivity contribution in [1.29, 1.82) is 0 Å². The summed E-state index contributed by atoms with van der Waals surface area (Å²) in [7, 11) is 0. The second-order valence-corrected chi connectivity index (χ2v) is 7.60. The molecule has 6 heteroatoms. The van der Waals surface area contributed by atoms with Crippen LogP contribution in [-0.4, -0.2) is 36.1 Å². The first-order chi connectivity index (χ1) is 12.8. The third kappa shape index (κ3) is 5.14. The van der Waals surface area contributed by atoms with E-state index < -0.39 is 11.7 Å². The number of nitrogens with zero attached hydrogens (tertiary/aromatic N) is 1. The molecule has 1 aliphatic heterocycles. The van der Waals surface area contributed by atoms with Gasteiger partial charge in [-0.15, -0.1) is 0 Å². The van der Waals surface area contributed by atoms with Gasteiger partial charge in [-0.1, -0.05) is 30.3 Å². The molecule has 0 spiro atoms. The van der Waals surface area contributed by atoms with Gasteiger partial charge in [0.1, 0.15) is 17.5 Å². The molecule has 0 fully saturated rings. The molecule has 0 saturated heterocycles. The van der Waals surface area contributed by atoms with Gasteiger partial charge in [-0.25, -0.2) is 4.79 Å². The fourth-order valence-corrected chi connectivity index (χ4v) is 2.97. The van der Waals surface area contributed by atoms with Gasteiger partial charge in [0.05, 0.1) is 18.8 Å². The molecule has 6 nitrogen and oxygen atoms in total. The van der Waals surface area contributed by atoms with E-state index in [1.807, 2.05) is 51.1 Å². The Hall–Kier alpha value is -2.73. The van der Waals surface area contributed by atoms with Crippen LogP contribution in [0.25, 0.3) is 0 Å². The molecule has 2 aromatic carbocycles. The number of nitrogens with one attached hydrogen (secondary N) is 1. The third-order valence-electron chi connectivity index (χ3n) is 4.08. The number of hydrogen-bond donors (Lipinski definition) is 2. The van der Waals surface area contributed by atoms with Crippen LogP contribution < -0.4 is 15.0 Å². The summed E-state index contributed by atoms with van der Waals surface area (Å²) < 4.78 is 11.2. The van der Waals surface area contributed by atoms with Gasteiger partial charge in [-0.2, -0.15) is 0 Å². The number of fused-ring (bicyclic) bond motifs is 1. The summed E-state index contributed by atoms with van der Waals surface area (Å²) in [6.45, 7) is 6.66. The van der Waals surface area contributed by atoms with E-state index in [2.05, 4.69) is 22.3 Å². The molecule has 0 aliphatic carbocycles. The lowest BCUT2D eigenvalue weighted by Gasteiger charge is -2.36. The van der Waals surface area contributed by atoms with Crippen molar-refractivity contribution in [3.8, 4) is 5.75 Å². The predicted octanol–water partition coefficient (Wildman–Crippen LogP) is 3.79. The number of hydrogen-bond acceptors (Lipinski definition) is 5. The Morgan fingerprint density at radius 1 is 1.26 bits per heavy atom. The summed E-state index contributed by atoms with van der Waals surface area (Å²) in [6, 6.07) is 15.6. The molecule has 144 valence electrons. The lowest BCUT2D eigenvalue weighted by atomic mass is 10.1. The highest BCUT2D eigenvalue weighted by Gasteiger charge is 2.26. The molecule has 2 N–H and O–H groups in total. The normalized spacial score (nSPS) is 16.3. The largest absolute Gasteiger partial charge is 0.484 e. The van der Waals surface area contributed by atoms with Gasteiger partial charge in [0, 0.05) is 12.2 Å². The first kappa shape index (κ1) is 19.0. The molecule has 0 radical (unpaired) electrons. The maximum absolute atomic E-state index is 12.1. The summed E-state index contributed by atoms with van der Waals surface area (Å²) in [6.07, 6.45) is -0.784. The quantitative estimate of drug-likeness (QED) is 0.857. The highest BCUT2D eigenvalue weighted by Crippen LogP contribution is 2.36. The van der Waals surface area contributed by atoms with E-state index in [0.29, 0.717) is 24.5 Å². The van der Waals surface area contributed by atoms with E-state index >= 15 is 0 Å². The maximum atomic E-state index is 12.1. The van der Waals surface area contributed by atoms with Crippen molar-refractivity contribution in [2.45, 2.75) is 39.0 Å². The average Bonchev–Trinajstić information content (AvgIpc) is 2.61. The number of amides is 1. The van der Waals surface area contributed by atoms with E-state index in [0.717, 1.165) is 11.3 Å². The number of carbonyl (C=O) groups is 1. The molecule has 3 rings (SSSR count). The van der Waals surface area contributed by atoms with Crippen molar-refractivity contribution in [2.24, 2.45) is 0 Å². The van der Waals surface area contributed by atoms with Gasteiger partial charge in [0.2, 0.25) is 0 Å². The number of carbonyl (C=O) groups excluding carboxylic acids is 1. The maximum Gasteiger partial charge on any atom is 0.412 e. The van der Waals surface area contributed by atoms with Gasteiger partial charge in [0.15, 0.2) is 0 Å². The highest BCUT2D eigenvalue weighted by molar-refractivity contribution is 5.86. The molecule has 1 amide bonds. The third-order valence-corrected chi connectivity index (χ3v) is 4.08. The minimum atomic E-state index is -0.560. The summed E-state index contributed by atoms with van der Waals surface area (Å²) in [5.74, 6) is 0.686. The molecule has 1 aliphatic rings. The minimum absolute atomic E-state index is 0.0529. The molecule has 1 heterocycles. The van der Waals surface area contributed by atoms with E-state index in [9.17, 15) is 9.90 Å². The first-order valence-corrected chi connectivity index (χ1v) is 9.04. The Kier molecular flexibility index (Phi) is 5.56. The average molecular weight is 370 g/mol. The van der Waals surface area contributed by atoms with Gasteiger partial charge in [-0.05, 0) is 44.5 Å². The lowest BCUT2D eigenvalue weighted by molar-refractivity contribution is 0.0636. The summed E-state index contributed by atoms with van der Waals surface area (Å²) in [4.78, 5) is 14.2. The van der Waals surface area contributed by atoms with Crippen molar-refractivity contribution in [3.63, 3.8) is 0 Å². The molecule has 0 aromatic heterocycles. The molecule has 0 bridgehead atoms. The molecular weight excluding hydrogens is 344 g/mol. The molecule has 1 unspecified atom stereocenters. The summed E-state index contributed by atoms with van der Waals surface area (Å²) in [5.41, 5.74) is 2.10. The SMILES string of the molecule is CC(C)(C)OC(=O)Nc1ccc2c(c1)N(Cc1ccccc1)CC(CO)O2. The smallest absolute Gasteiger partial charge is 0.412 e. The zero-order valence-electron chi connectivity index (χ0n) is 15.9. The minimum Gasteiger partial charge on any atom is -0.484 e. The van der Waals surface area contributed by atoms with E-state index in [4.69, 9.17) is 9.47 Å². The Bertz CT molecular complexity index is 787. The van der Waals surface area contributed by atoms with Gasteiger partial charge in [-0.3, -0.25) is 5.32 Å². The number of benzene rings is 2. The van der Waals surface area contributed by atoms with Crippen molar-refractivity contribution in [3.05, 3.63) is 54.1 Å². The Balaban J connectivity index is 1.82. The van der Waals surface area contributed by atoms with Crippen LogP contribution in [0.3, 0.4) is 0 Å². The van der Waals surface area contributed by atoms with Crippen LogP contribution in [0.15, 0.2) is 48.5 Å². The number of aliphatic hydroxyl groups is 1. The first-order valence-electron chi connectivity index (χ1n) is 9.04. The van der Waals surface area contributed by atoms with Crippen LogP contribution in [0.4, 0.5) is 16.2 Å². The second-order valence-electron chi connectivity index (χ2n) is 7.60. The van der Waals surface area contributed by atoms with Crippen molar-refractivity contribution in [2.75, 3.05) is 23.4 Å². The zero-order chi connectivity index (χ0) is 19.4. The summed E-state index contributed by atoms with van der Waals surface area (Å²) in [5, 5.41) is 12.3. The number of aliphatic hydroxyl groups excluding tert-OH is 1. The van der Waals surface area contributed by atoms with Crippen molar-refractivity contribution in [1.82, 2.24) is 0 Å². The van der Waals surface area contributed by atoms with Crippen LogP contribution in [0, 0.1) is 0 Å². The zero-order valence-corrected chi connectivity index (χ0v) is 15.9. The van der Waals surface area contributed by atoms with Crippen LogP contribution in [0.2, 0.25) is 0 Å². The topological polar surface area (TPSA) is 71.0 Å². The highest BCUT2D eigenvalue weighted by atomic mass is 16.6. The fraction of sp³-hybridized carbons (Fsp3) is 0.381. The Labute approximate surface area is 159 Å². The Morgan fingerprint density at radius 3 is 2.67 bits per heavy atom. The van der Waals surface area contributed by atoms with Crippen molar-refractivity contribution < 1.29 is 19.4 Å². The number of anilines is 2. The second kappa shape index (κ2) is 7.88. The molecule has 27 heavy (non-hydrogen) atoms. The fourth-order valence-electron chi connectivity index (χ4n) is 2.97. The molecule has 1 atom stereocenters. The van der Waals surface area contributed by atoms with E-state index in [-0.39, 0.29) is 12.7 Å². The molecule has 0 saturated carbocycles. The van der Waals surface area contributed by atoms with Gasteiger partial charge in [0.25, 0.3) is 0 Å². The van der Waals surface area contributed by atoms with Crippen LogP contribution in [0.1, 0.15) is 26.3 Å². The lowest BCUT2D eigenvalue weighted by Crippen LogP contribution is -2.41. The van der Waals surface area contributed by atoms with Gasteiger partial charge >= 0.3 is 6.09 Å². The van der Waals surface area contributed by atoms with Gasteiger partial charge < -0.3 is 19.5 Å². The van der Waals surface area contributed by atoms with E-state index in [1.54, 1.807) is 6.07 Å². The Morgan fingerprint density at radius 2 is 2.00 bits per heavy atom. The standard InChI is InChI=1S/C21H26N2O4/c1-21(2,3)27-20(25)22-16-9-10-19-18(11-16)23(13-17(14-24)26-19)12-15-7-5-4-6-8-15/h4-11,17,24H,12-14H2,1-3H3,(H,22,25). The molecule has 2 aromatic rings. The summed E-state index contributed by atoms with van der Waals surface area (Å²) >= 11 is 0. The molecular formula is C21H26N2O4. The van der Waals surface area contributed by atoms with Crippen LogP contribution in [0.5, 0.6) is 5.75 Å².